The topological polar surface area (TPSA) is 87.7 Å². The fraction of sp³-hybridized carbons (Fsp3) is 0.348. The van der Waals surface area contributed by atoms with Crippen LogP contribution in [-0.4, -0.2) is 56.4 Å². The molecular formula is C23H29N3O4. The number of hydrogen-bond donors (Lipinski definition) is 2. The van der Waals surface area contributed by atoms with Gasteiger partial charge < -0.3 is 15.4 Å². The van der Waals surface area contributed by atoms with E-state index in [0.29, 0.717) is 24.4 Å². The highest BCUT2D eigenvalue weighted by molar-refractivity contribution is 5.99. The molecule has 2 aromatic carbocycles. The first kappa shape index (κ1) is 23.3. The number of methoxy groups -OCH3 is 1. The molecule has 2 aromatic rings. The molecule has 0 radical (unpaired) electrons. The van der Waals surface area contributed by atoms with E-state index >= 15 is 0 Å². The average Bonchev–Trinajstić information content (AvgIpc) is 2.72. The van der Waals surface area contributed by atoms with Gasteiger partial charge in [0.2, 0.25) is 11.8 Å². The van der Waals surface area contributed by atoms with Crippen LogP contribution in [0, 0.1) is 0 Å². The van der Waals surface area contributed by atoms with E-state index in [1.807, 2.05) is 30.3 Å². The van der Waals surface area contributed by atoms with Crippen LogP contribution in [0.15, 0.2) is 54.6 Å². The molecule has 0 spiro atoms. The van der Waals surface area contributed by atoms with Gasteiger partial charge in [0.25, 0.3) is 0 Å². The van der Waals surface area contributed by atoms with Crippen molar-refractivity contribution in [2.24, 2.45) is 0 Å². The molecule has 160 valence electrons. The summed E-state index contributed by atoms with van der Waals surface area (Å²) in [5.74, 6) is -0.523. The maximum atomic E-state index is 13.1. The lowest BCUT2D eigenvalue weighted by Crippen LogP contribution is -2.41. The Morgan fingerprint density at radius 2 is 1.80 bits per heavy atom. The molecule has 1 unspecified atom stereocenters. The zero-order valence-electron chi connectivity index (χ0n) is 17.7. The predicted octanol–water partition coefficient (Wildman–Crippen LogP) is 2.65. The van der Waals surface area contributed by atoms with Crippen molar-refractivity contribution in [2.75, 3.05) is 39.2 Å². The molecular weight excluding hydrogens is 382 g/mol. The van der Waals surface area contributed by atoms with Gasteiger partial charge in [-0.3, -0.25) is 19.3 Å². The molecule has 2 rings (SSSR count). The number of ketones is 1. The number of rotatable bonds is 11. The van der Waals surface area contributed by atoms with Crippen LogP contribution in [0.4, 0.5) is 5.69 Å². The molecule has 0 aromatic heterocycles. The molecule has 0 aliphatic carbocycles. The fourth-order valence-electron chi connectivity index (χ4n) is 3.09. The van der Waals surface area contributed by atoms with E-state index in [4.69, 9.17) is 4.74 Å². The predicted molar refractivity (Wildman–Crippen MR) is 116 cm³/mol. The largest absolute Gasteiger partial charge is 0.385 e. The van der Waals surface area contributed by atoms with E-state index in [0.717, 1.165) is 12.0 Å². The van der Waals surface area contributed by atoms with Crippen LogP contribution in [0.25, 0.3) is 0 Å². The van der Waals surface area contributed by atoms with Gasteiger partial charge in [-0.2, -0.15) is 0 Å². The summed E-state index contributed by atoms with van der Waals surface area (Å²) in [7, 11) is 3.35. The highest BCUT2D eigenvalue weighted by atomic mass is 16.5. The molecule has 0 aliphatic heterocycles. The Morgan fingerprint density at radius 1 is 1.07 bits per heavy atom. The van der Waals surface area contributed by atoms with Crippen molar-refractivity contribution in [1.29, 1.82) is 0 Å². The van der Waals surface area contributed by atoms with Gasteiger partial charge in [-0.05, 0) is 38.1 Å². The average molecular weight is 412 g/mol. The Bertz CT molecular complexity index is 855. The minimum atomic E-state index is -0.670. The minimum absolute atomic E-state index is 0.0629. The summed E-state index contributed by atoms with van der Waals surface area (Å²) in [6.45, 7) is 2.63. The molecule has 0 heterocycles. The van der Waals surface area contributed by atoms with Crippen molar-refractivity contribution in [3.05, 3.63) is 65.7 Å². The first-order chi connectivity index (χ1) is 14.4. The second-order valence-corrected chi connectivity index (χ2v) is 7.05. The summed E-state index contributed by atoms with van der Waals surface area (Å²) in [4.78, 5) is 38.7. The van der Waals surface area contributed by atoms with Crippen LogP contribution < -0.4 is 10.6 Å². The third-order valence-corrected chi connectivity index (χ3v) is 4.58. The van der Waals surface area contributed by atoms with Gasteiger partial charge >= 0.3 is 0 Å². The van der Waals surface area contributed by atoms with E-state index in [9.17, 15) is 14.4 Å². The van der Waals surface area contributed by atoms with Gasteiger partial charge in [-0.15, -0.1) is 0 Å². The molecule has 2 N–H and O–H groups in total. The number of Topliss-reactive ketones (excluding diaryl/α,β-unsaturated/α-hetero) is 1. The summed E-state index contributed by atoms with van der Waals surface area (Å²) in [6, 6.07) is 15.4. The minimum Gasteiger partial charge on any atom is -0.385 e. The van der Waals surface area contributed by atoms with Crippen molar-refractivity contribution in [3.63, 3.8) is 0 Å². The zero-order chi connectivity index (χ0) is 21.9. The van der Waals surface area contributed by atoms with Crippen molar-refractivity contribution in [3.8, 4) is 0 Å². The lowest BCUT2D eigenvalue weighted by atomic mass is 10.0. The normalized spacial score (nSPS) is 11.7. The number of nitrogens with zero attached hydrogens (tertiary/aromatic N) is 1. The van der Waals surface area contributed by atoms with Crippen molar-refractivity contribution in [2.45, 2.75) is 19.4 Å². The number of hydrogen-bond acceptors (Lipinski definition) is 5. The number of carbonyl (C=O) groups is 3. The summed E-state index contributed by atoms with van der Waals surface area (Å²) in [5, 5.41) is 5.70. The van der Waals surface area contributed by atoms with Gasteiger partial charge in [0.15, 0.2) is 5.78 Å². The van der Waals surface area contributed by atoms with Gasteiger partial charge in [0, 0.05) is 31.5 Å². The Labute approximate surface area is 177 Å². The molecule has 1 atom stereocenters. The van der Waals surface area contributed by atoms with E-state index < -0.39 is 6.04 Å². The molecule has 30 heavy (non-hydrogen) atoms. The van der Waals surface area contributed by atoms with E-state index in [-0.39, 0.29) is 24.1 Å². The molecule has 0 fully saturated rings. The number of likely N-dealkylation sites (N-methyl/N-ethyl adjacent to an activating group) is 1. The zero-order valence-corrected chi connectivity index (χ0v) is 17.7. The monoisotopic (exact) mass is 411 g/mol. The highest BCUT2D eigenvalue weighted by Crippen LogP contribution is 2.22. The van der Waals surface area contributed by atoms with Crippen LogP contribution in [0.2, 0.25) is 0 Å². The number of nitrogens with one attached hydrogen (secondary N) is 2. The third-order valence-electron chi connectivity index (χ3n) is 4.58. The van der Waals surface area contributed by atoms with Crippen LogP contribution >= 0.6 is 0 Å². The number of carbonyl (C=O) groups excluding carboxylic acids is 3. The van der Waals surface area contributed by atoms with E-state index in [2.05, 4.69) is 10.6 Å². The molecule has 7 nitrogen and oxygen atoms in total. The van der Waals surface area contributed by atoms with Gasteiger partial charge in [-0.1, -0.05) is 42.5 Å². The number of anilines is 1. The van der Waals surface area contributed by atoms with E-state index in [1.54, 1.807) is 43.3 Å². The van der Waals surface area contributed by atoms with Crippen LogP contribution in [0.1, 0.15) is 35.3 Å². The van der Waals surface area contributed by atoms with Gasteiger partial charge in [0.1, 0.15) is 6.04 Å². The Balaban J connectivity index is 2.13. The van der Waals surface area contributed by atoms with Crippen molar-refractivity contribution >= 4 is 23.3 Å². The Morgan fingerprint density at radius 3 is 2.47 bits per heavy atom. The van der Waals surface area contributed by atoms with Crippen LogP contribution in [0.3, 0.4) is 0 Å². The maximum absolute atomic E-state index is 13.1. The summed E-state index contributed by atoms with van der Waals surface area (Å²) in [5.41, 5.74) is 1.83. The summed E-state index contributed by atoms with van der Waals surface area (Å²) >= 11 is 0. The second-order valence-electron chi connectivity index (χ2n) is 7.05. The number of benzene rings is 2. The first-order valence-electron chi connectivity index (χ1n) is 9.85. The van der Waals surface area contributed by atoms with Gasteiger partial charge in [-0.25, -0.2) is 0 Å². The SMILES string of the molecule is COCCCNC(=O)CN(C)C(C(=O)Nc1cccc(C(C)=O)c1)c1ccccc1. The molecule has 7 heteroatoms. The number of ether oxygens (including phenoxy) is 1. The quantitative estimate of drug-likeness (QED) is 0.438. The first-order valence-corrected chi connectivity index (χ1v) is 9.85. The smallest absolute Gasteiger partial charge is 0.246 e. The lowest BCUT2D eigenvalue weighted by Gasteiger charge is -2.27. The molecule has 0 bridgehead atoms. The standard InChI is InChI=1S/C23H29N3O4/c1-17(27)19-11-7-12-20(15-19)25-23(29)22(18-9-5-4-6-10-18)26(2)16-21(28)24-13-8-14-30-3/h4-7,9-12,15,22H,8,13-14,16H2,1-3H3,(H,24,28)(H,25,29). The maximum Gasteiger partial charge on any atom is 0.246 e. The Hall–Kier alpha value is -3.03. The molecule has 0 saturated heterocycles. The van der Waals surface area contributed by atoms with Crippen LogP contribution in [-0.2, 0) is 14.3 Å². The fourth-order valence-corrected chi connectivity index (χ4v) is 3.09. The van der Waals surface area contributed by atoms with Gasteiger partial charge in [0.05, 0.1) is 6.54 Å². The van der Waals surface area contributed by atoms with Crippen molar-refractivity contribution < 1.29 is 19.1 Å². The second kappa shape index (κ2) is 11.8. The Kier molecular flexibility index (Phi) is 9.18. The van der Waals surface area contributed by atoms with Crippen LogP contribution in [0.5, 0.6) is 0 Å². The highest BCUT2D eigenvalue weighted by Gasteiger charge is 2.26. The lowest BCUT2D eigenvalue weighted by molar-refractivity contribution is -0.125. The molecule has 2 amide bonds. The number of amides is 2. The molecule has 0 aliphatic rings. The molecule has 0 saturated carbocycles. The third kappa shape index (κ3) is 7.09. The van der Waals surface area contributed by atoms with Crippen molar-refractivity contribution in [1.82, 2.24) is 10.2 Å². The summed E-state index contributed by atoms with van der Waals surface area (Å²) in [6.07, 6.45) is 0.723. The summed E-state index contributed by atoms with van der Waals surface area (Å²) < 4.78 is 4.98. The van der Waals surface area contributed by atoms with E-state index in [1.165, 1.54) is 6.92 Å².